The van der Waals surface area contributed by atoms with Gasteiger partial charge in [-0.2, -0.15) is 0 Å². The Morgan fingerprint density at radius 3 is 2.64 bits per heavy atom. The van der Waals surface area contributed by atoms with Gasteiger partial charge in [-0.25, -0.2) is 14.8 Å². The molecule has 0 saturated carbocycles. The number of hydrogen-bond acceptors (Lipinski definition) is 7. The van der Waals surface area contributed by atoms with E-state index >= 15 is 0 Å². The van der Waals surface area contributed by atoms with Crippen LogP contribution in [0.4, 0.5) is 11.4 Å². The Labute approximate surface area is 191 Å². The molecular weight excluding hydrogens is 420 g/mol. The van der Waals surface area contributed by atoms with E-state index in [1.54, 1.807) is 26.1 Å². The third-order valence-corrected chi connectivity index (χ3v) is 4.99. The number of rotatable bonds is 6. The Kier molecular flexibility index (Phi) is 6.64. The second kappa shape index (κ2) is 9.95. The molecule has 0 unspecified atom stereocenters. The van der Waals surface area contributed by atoms with Gasteiger partial charge in [-0.05, 0) is 26.0 Å². The first kappa shape index (κ1) is 22.0. The molecule has 0 saturated heterocycles. The summed E-state index contributed by atoms with van der Waals surface area (Å²) >= 11 is 0. The number of aryl methyl sites for hydroxylation is 1. The van der Waals surface area contributed by atoms with E-state index in [1.165, 1.54) is 0 Å². The maximum Gasteiger partial charge on any atom is 0.343 e. The minimum absolute atomic E-state index is 0.109. The molecule has 1 amide bonds. The normalized spacial score (nSPS) is 12.8. The molecule has 0 atom stereocenters. The van der Waals surface area contributed by atoms with Crippen LogP contribution in [0.15, 0.2) is 81.5 Å². The van der Waals surface area contributed by atoms with E-state index in [4.69, 9.17) is 9.15 Å². The summed E-state index contributed by atoms with van der Waals surface area (Å²) in [6.07, 6.45) is 2.06. The third kappa shape index (κ3) is 5.17. The highest BCUT2D eigenvalue weighted by Crippen LogP contribution is 2.30. The number of nitrogens with one attached hydrogen (secondary N) is 2. The lowest BCUT2D eigenvalue weighted by atomic mass is 10.1. The van der Waals surface area contributed by atoms with Gasteiger partial charge in [0.25, 0.3) is 0 Å². The van der Waals surface area contributed by atoms with Crippen molar-refractivity contribution in [2.45, 2.75) is 26.7 Å². The molecule has 0 spiro atoms. The standard InChI is InChI=1S/C25H24N4O4/c1-3-32-25(31)23-16(2)27-18-11-7-8-12-19(18)28-24(23)29-21(30)13-14-22-26-15-20(33-22)17-9-5-4-6-10-17/h4-12,15,27H,3,13-14H2,1-2H3,(H,28,29,30). The minimum atomic E-state index is -0.561. The molecule has 2 N–H and O–H groups in total. The van der Waals surface area contributed by atoms with Crippen molar-refractivity contribution in [1.29, 1.82) is 0 Å². The molecule has 2 heterocycles. The number of fused-ring (bicyclic) bond motifs is 1. The highest BCUT2D eigenvalue weighted by atomic mass is 16.5. The highest BCUT2D eigenvalue weighted by Gasteiger charge is 2.26. The van der Waals surface area contributed by atoms with E-state index in [1.807, 2.05) is 48.5 Å². The lowest BCUT2D eigenvalue weighted by Crippen LogP contribution is -2.35. The van der Waals surface area contributed by atoms with Gasteiger partial charge in [-0.1, -0.05) is 42.5 Å². The van der Waals surface area contributed by atoms with Crippen LogP contribution in [0.3, 0.4) is 0 Å². The number of para-hydroxylation sites is 2. The number of oxazole rings is 1. The van der Waals surface area contributed by atoms with E-state index in [2.05, 4.69) is 20.6 Å². The third-order valence-electron chi connectivity index (χ3n) is 4.99. The number of amidine groups is 1. The zero-order chi connectivity index (χ0) is 23.2. The number of ether oxygens (including phenoxy) is 1. The van der Waals surface area contributed by atoms with E-state index in [9.17, 15) is 9.59 Å². The average molecular weight is 444 g/mol. The van der Waals surface area contributed by atoms with Crippen LogP contribution in [-0.4, -0.2) is 29.3 Å². The quantitative estimate of drug-likeness (QED) is 0.547. The fourth-order valence-corrected chi connectivity index (χ4v) is 3.42. The monoisotopic (exact) mass is 444 g/mol. The van der Waals surface area contributed by atoms with Gasteiger partial charge in [-0.15, -0.1) is 0 Å². The molecule has 1 aromatic heterocycles. The predicted molar refractivity (Wildman–Crippen MR) is 125 cm³/mol. The molecule has 0 fully saturated rings. The van der Waals surface area contributed by atoms with Crippen molar-refractivity contribution in [2.24, 2.45) is 4.99 Å². The van der Waals surface area contributed by atoms with Gasteiger partial charge in [0.05, 0.1) is 24.2 Å². The highest BCUT2D eigenvalue weighted by molar-refractivity contribution is 6.24. The summed E-state index contributed by atoms with van der Waals surface area (Å²) in [7, 11) is 0. The number of carbonyl (C=O) groups is 2. The van der Waals surface area contributed by atoms with Crippen LogP contribution in [0.1, 0.15) is 26.2 Å². The molecule has 8 nitrogen and oxygen atoms in total. The Balaban J connectivity index is 1.50. The van der Waals surface area contributed by atoms with Gasteiger partial charge in [0.1, 0.15) is 11.4 Å². The SMILES string of the molecule is CCOC(=O)C1=C(C)Nc2ccccc2N=C1NC(=O)CCc1ncc(-c2ccccc2)o1. The average Bonchev–Trinajstić information content (AvgIpc) is 3.23. The maximum absolute atomic E-state index is 12.8. The number of esters is 1. The number of amides is 1. The molecule has 8 heteroatoms. The second-order valence-electron chi connectivity index (χ2n) is 7.36. The van der Waals surface area contributed by atoms with Gasteiger partial charge < -0.3 is 19.8 Å². The molecule has 2 aromatic carbocycles. The fourth-order valence-electron chi connectivity index (χ4n) is 3.42. The first-order valence-corrected chi connectivity index (χ1v) is 10.7. The van der Waals surface area contributed by atoms with E-state index in [-0.39, 0.29) is 30.3 Å². The molecule has 33 heavy (non-hydrogen) atoms. The molecular formula is C25H24N4O4. The first-order chi connectivity index (χ1) is 16.0. The van der Waals surface area contributed by atoms with Crippen molar-refractivity contribution in [3.63, 3.8) is 0 Å². The van der Waals surface area contributed by atoms with Gasteiger partial charge in [0.15, 0.2) is 11.7 Å². The van der Waals surface area contributed by atoms with Crippen LogP contribution in [0, 0.1) is 0 Å². The number of anilines is 1. The molecule has 0 bridgehead atoms. The largest absolute Gasteiger partial charge is 0.462 e. The summed E-state index contributed by atoms with van der Waals surface area (Å²) in [5, 5.41) is 5.95. The van der Waals surface area contributed by atoms with Crippen molar-refractivity contribution < 1.29 is 18.7 Å². The molecule has 3 aromatic rings. The Bertz CT molecular complexity index is 1230. The molecule has 0 radical (unpaired) electrons. The summed E-state index contributed by atoms with van der Waals surface area (Å²) in [6.45, 7) is 3.67. The van der Waals surface area contributed by atoms with Crippen molar-refractivity contribution in [3.8, 4) is 11.3 Å². The second-order valence-corrected chi connectivity index (χ2v) is 7.36. The Morgan fingerprint density at radius 2 is 1.85 bits per heavy atom. The van der Waals surface area contributed by atoms with Gasteiger partial charge >= 0.3 is 5.97 Å². The van der Waals surface area contributed by atoms with E-state index in [0.29, 0.717) is 29.5 Å². The Hall–Kier alpha value is -4.20. The number of carbonyl (C=O) groups excluding carboxylic acids is 2. The van der Waals surface area contributed by atoms with E-state index < -0.39 is 5.97 Å². The van der Waals surface area contributed by atoms with Crippen LogP contribution in [0.2, 0.25) is 0 Å². The van der Waals surface area contributed by atoms with Crippen LogP contribution in [0.25, 0.3) is 11.3 Å². The minimum Gasteiger partial charge on any atom is -0.462 e. The molecule has 1 aliphatic rings. The summed E-state index contributed by atoms with van der Waals surface area (Å²) < 4.78 is 11.0. The number of aromatic nitrogens is 1. The topological polar surface area (TPSA) is 106 Å². The fraction of sp³-hybridized carbons (Fsp3) is 0.200. The molecule has 4 rings (SSSR count). The number of allylic oxidation sites excluding steroid dienone is 1. The van der Waals surface area contributed by atoms with Crippen LogP contribution < -0.4 is 10.6 Å². The molecule has 0 aliphatic carbocycles. The van der Waals surface area contributed by atoms with Crippen LogP contribution >= 0.6 is 0 Å². The summed E-state index contributed by atoms with van der Waals surface area (Å²) in [5.74, 6) is 0.365. The number of aliphatic imine (C=N–C) groups is 1. The van der Waals surface area contributed by atoms with Crippen molar-refractivity contribution in [3.05, 3.63) is 78.0 Å². The van der Waals surface area contributed by atoms with Crippen molar-refractivity contribution in [2.75, 3.05) is 11.9 Å². The van der Waals surface area contributed by atoms with Crippen LogP contribution in [0.5, 0.6) is 0 Å². The van der Waals surface area contributed by atoms with Crippen molar-refractivity contribution in [1.82, 2.24) is 10.3 Å². The Morgan fingerprint density at radius 1 is 1.09 bits per heavy atom. The summed E-state index contributed by atoms with van der Waals surface area (Å²) in [6, 6.07) is 17.0. The zero-order valence-electron chi connectivity index (χ0n) is 18.4. The van der Waals surface area contributed by atoms with Crippen molar-refractivity contribution >= 4 is 29.1 Å². The summed E-state index contributed by atoms with van der Waals surface area (Å²) in [5.41, 5.74) is 2.97. The molecule has 168 valence electrons. The lowest BCUT2D eigenvalue weighted by Gasteiger charge is -2.13. The van der Waals surface area contributed by atoms with Gasteiger partial charge in [0, 0.05) is 24.1 Å². The predicted octanol–water partition coefficient (Wildman–Crippen LogP) is 4.38. The number of benzene rings is 2. The van der Waals surface area contributed by atoms with E-state index in [0.717, 1.165) is 11.3 Å². The van der Waals surface area contributed by atoms with Crippen LogP contribution in [-0.2, 0) is 20.7 Å². The van der Waals surface area contributed by atoms with Gasteiger partial charge in [-0.3, -0.25) is 4.79 Å². The lowest BCUT2D eigenvalue weighted by molar-refractivity contribution is -0.137. The molecule has 1 aliphatic heterocycles. The smallest absolute Gasteiger partial charge is 0.343 e. The maximum atomic E-state index is 12.8. The number of nitrogens with zero attached hydrogens (tertiary/aromatic N) is 2. The number of hydrogen-bond donors (Lipinski definition) is 2. The van der Waals surface area contributed by atoms with Gasteiger partial charge in [0.2, 0.25) is 5.91 Å². The zero-order valence-corrected chi connectivity index (χ0v) is 18.4. The summed E-state index contributed by atoms with van der Waals surface area (Å²) in [4.78, 5) is 34.2. The first-order valence-electron chi connectivity index (χ1n) is 10.7.